The Morgan fingerprint density at radius 2 is 0.966 bits per heavy atom. The van der Waals surface area contributed by atoms with Crippen molar-refractivity contribution in [3.8, 4) is 22.3 Å². The molecule has 0 fully saturated rings. The molecular formula is C57H41NS. The first kappa shape index (κ1) is 35.2. The molecule has 0 saturated heterocycles. The number of benzene rings is 9. The van der Waals surface area contributed by atoms with Gasteiger partial charge in [0.25, 0.3) is 0 Å². The third-order valence-electron chi connectivity index (χ3n) is 12.3. The van der Waals surface area contributed by atoms with Crippen LogP contribution in [0.3, 0.4) is 0 Å². The van der Waals surface area contributed by atoms with Gasteiger partial charge in [0.15, 0.2) is 0 Å². The summed E-state index contributed by atoms with van der Waals surface area (Å²) < 4.78 is 2.66. The van der Waals surface area contributed by atoms with Crippen molar-refractivity contribution in [2.45, 2.75) is 13.0 Å². The molecule has 0 N–H and O–H groups in total. The Kier molecular flexibility index (Phi) is 8.79. The smallest absolute Gasteiger partial charge is 0.0663 e. The minimum absolute atomic E-state index is 0.00615. The first-order valence-corrected chi connectivity index (χ1v) is 21.3. The van der Waals surface area contributed by atoms with Crippen LogP contribution in [0.25, 0.3) is 75.1 Å². The van der Waals surface area contributed by atoms with Crippen LogP contribution < -0.4 is 4.90 Å². The quantitative estimate of drug-likeness (QED) is 0.156. The lowest BCUT2D eigenvalue weighted by molar-refractivity contribution is 0.639. The maximum absolute atomic E-state index is 2.59. The Bertz CT molecular complexity index is 3220. The van der Waals surface area contributed by atoms with Crippen LogP contribution in [0.1, 0.15) is 18.1 Å². The van der Waals surface area contributed by atoms with E-state index in [2.05, 4.69) is 230 Å². The molecule has 2 heteroatoms. The van der Waals surface area contributed by atoms with E-state index in [4.69, 9.17) is 0 Å². The van der Waals surface area contributed by atoms with Crippen LogP contribution in [0.5, 0.6) is 0 Å². The van der Waals surface area contributed by atoms with Gasteiger partial charge in [-0.05, 0) is 115 Å². The van der Waals surface area contributed by atoms with Crippen LogP contribution in [0.2, 0.25) is 0 Å². The number of thiophene rings is 1. The zero-order chi connectivity index (χ0) is 39.3. The fourth-order valence-corrected chi connectivity index (χ4v) is 10.4. The number of anilines is 2. The molecule has 2 atom stereocenters. The summed E-state index contributed by atoms with van der Waals surface area (Å²) in [6, 6.07) is 76.0. The van der Waals surface area contributed by atoms with Crippen molar-refractivity contribution >= 4 is 75.6 Å². The summed E-state index contributed by atoms with van der Waals surface area (Å²) >= 11 is 1.87. The highest BCUT2D eigenvalue weighted by Crippen LogP contribution is 2.46. The minimum atomic E-state index is 0.00615. The first-order chi connectivity index (χ1) is 29.2. The zero-order valence-corrected chi connectivity index (χ0v) is 33.6. The highest BCUT2D eigenvalue weighted by atomic mass is 32.1. The third-order valence-corrected chi connectivity index (χ3v) is 13.4. The number of allylic oxidation sites excluding steroid dienone is 2. The highest BCUT2D eigenvalue weighted by Gasteiger charge is 2.35. The van der Waals surface area contributed by atoms with Gasteiger partial charge in [0, 0.05) is 37.5 Å². The second-order valence-corrected chi connectivity index (χ2v) is 16.8. The highest BCUT2D eigenvalue weighted by molar-refractivity contribution is 7.25. The lowest BCUT2D eigenvalue weighted by atomic mass is 9.77. The summed E-state index contributed by atoms with van der Waals surface area (Å²) in [5, 5.41) is 7.69. The summed E-state index contributed by atoms with van der Waals surface area (Å²) in [6.07, 6.45) is 4.74. The Labute approximate surface area is 349 Å². The summed E-state index contributed by atoms with van der Waals surface area (Å²) in [6.45, 7) is 2.41. The average molecular weight is 772 g/mol. The fourth-order valence-electron chi connectivity index (χ4n) is 9.33. The molecule has 0 bridgehead atoms. The van der Waals surface area contributed by atoms with E-state index < -0.39 is 0 Å². The maximum atomic E-state index is 2.59. The van der Waals surface area contributed by atoms with Crippen LogP contribution in [0, 0.1) is 5.92 Å². The molecule has 0 saturated carbocycles. The van der Waals surface area contributed by atoms with Crippen LogP contribution in [-0.4, -0.2) is 6.04 Å². The van der Waals surface area contributed by atoms with Crippen LogP contribution in [0.15, 0.2) is 218 Å². The Morgan fingerprint density at radius 1 is 0.373 bits per heavy atom. The molecule has 2 unspecified atom stereocenters. The lowest BCUT2D eigenvalue weighted by Crippen LogP contribution is -2.39. The van der Waals surface area contributed by atoms with Crippen molar-refractivity contribution in [2.24, 2.45) is 5.92 Å². The van der Waals surface area contributed by atoms with Crippen molar-refractivity contribution in [2.75, 3.05) is 4.90 Å². The first-order valence-electron chi connectivity index (χ1n) is 20.5. The van der Waals surface area contributed by atoms with Crippen molar-refractivity contribution < 1.29 is 0 Å². The third kappa shape index (κ3) is 6.34. The van der Waals surface area contributed by atoms with E-state index in [1.54, 1.807) is 0 Å². The molecule has 1 aromatic heterocycles. The van der Waals surface area contributed by atoms with Crippen molar-refractivity contribution in [1.82, 2.24) is 0 Å². The van der Waals surface area contributed by atoms with Crippen molar-refractivity contribution in [1.29, 1.82) is 0 Å². The molecule has 1 aliphatic rings. The van der Waals surface area contributed by atoms with Gasteiger partial charge in [0.05, 0.1) is 6.04 Å². The maximum Gasteiger partial charge on any atom is 0.0663 e. The second kappa shape index (κ2) is 14.7. The van der Waals surface area contributed by atoms with E-state index >= 15 is 0 Å². The van der Waals surface area contributed by atoms with Gasteiger partial charge in [0.2, 0.25) is 0 Å². The largest absolute Gasteiger partial charge is 0.333 e. The summed E-state index contributed by atoms with van der Waals surface area (Å²) in [5.41, 5.74) is 12.4. The van der Waals surface area contributed by atoms with Gasteiger partial charge < -0.3 is 4.90 Å². The molecule has 280 valence electrons. The summed E-state index contributed by atoms with van der Waals surface area (Å²) in [7, 11) is 0. The fraction of sp³-hybridized carbons (Fsp3) is 0.0526. The number of hydrogen-bond donors (Lipinski definition) is 0. The van der Waals surface area contributed by atoms with Gasteiger partial charge >= 0.3 is 0 Å². The van der Waals surface area contributed by atoms with E-state index in [1.807, 2.05) is 11.3 Å². The summed E-state index contributed by atoms with van der Waals surface area (Å²) in [5.74, 6) is 0.156. The topological polar surface area (TPSA) is 3.24 Å². The molecule has 0 amide bonds. The second-order valence-electron chi connectivity index (χ2n) is 15.7. The minimum Gasteiger partial charge on any atom is -0.333 e. The molecule has 11 rings (SSSR count). The van der Waals surface area contributed by atoms with Gasteiger partial charge in [-0.25, -0.2) is 0 Å². The molecular weight excluding hydrogens is 731 g/mol. The Balaban J connectivity index is 1.05. The van der Waals surface area contributed by atoms with Crippen LogP contribution >= 0.6 is 11.3 Å². The number of hydrogen-bond acceptors (Lipinski definition) is 2. The van der Waals surface area contributed by atoms with Gasteiger partial charge in [-0.2, -0.15) is 0 Å². The molecule has 1 aliphatic carbocycles. The lowest BCUT2D eigenvalue weighted by Gasteiger charge is -2.42. The van der Waals surface area contributed by atoms with Gasteiger partial charge in [-0.3, -0.25) is 0 Å². The van der Waals surface area contributed by atoms with Crippen LogP contribution in [-0.2, 0) is 0 Å². The molecule has 1 heterocycles. The molecule has 1 nitrogen and oxygen atoms in total. The molecule has 0 aliphatic heterocycles. The van der Waals surface area contributed by atoms with Crippen molar-refractivity contribution in [3.63, 3.8) is 0 Å². The van der Waals surface area contributed by atoms with Gasteiger partial charge in [-0.15, -0.1) is 11.3 Å². The number of nitrogens with zero attached hydrogens (tertiary/aromatic N) is 1. The summed E-state index contributed by atoms with van der Waals surface area (Å²) in [4.78, 5) is 2.59. The molecule has 10 aromatic rings. The monoisotopic (exact) mass is 771 g/mol. The Morgan fingerprint density at radius 3 is 1.76 bits per heavy atom. The van der Waals surface area contributed by atoms with E-state index in [-0.39, 0.29) is 12.0 Å². The SMILES string of the molecule is CC1C(c2ccc3ccccc3c2)=CC=C(c2ccccc2)C1N(c1ccc(-c2ccc3sc4ccccc4c3c2)cc1)c1ccc(-c2cccc3ccccc23)cc1. The standard InChI is InChI=1S/C57H41NS/c1-38-49(46-23-22-39-12-5-6-16-44(39)36-46)33-34-52(42-13-3-2-4-14-42)57(38)58(48-31-26-43(27-32-48)51-20-11-17-41-15-7-8-18-50(41)51)47-29-24-40(25-30-47)45-28-35-56-54(37-45)53-19-9-10-21-55(53)59-56/h2-38,57H,1H3. The van der Waals surface area contributed by atoms with E-state index in [1.165, 1.54) is 86.2 Å². The predicted octanol–water partition coefficient (Wildman–Crippen LogP) is 16.0. The molecule has 9 aromatic carbocycles. The molecule has 59 heavy (non-hydrogen) atoms. The zero-order valence-electron chi connectivity index (χ0n) is 32.8. The molecule has 0 radical (unpaired) electrons. The Hall–Kier alpha value is -7.00. The predicted molar refractivity (Wildman–Crippen MR) is 256 cm³/mol. The molecule has 0 spiro atoms. The normalized spacial score (nSPS) is 15.4. The van der Waals surface area contributed by atoms with Gasteiger partial charge in [0.1, 0.15) is 0 Å². The van der Waals surface area contributed by atoms with E-state index in [0.717, 1.165) is 11.4 Å². The van der Waals surface area contributed by atoms with Crippen LogP contribution in [0.4, 0.5) is 11.4 Å². The van der Waals surface area contributed by atoms with Crippen molar-refractivity contribution in [3.05, 3.63) is 230 Å². The average Bonchev–Trinajstić information content (AvgIpc) is 3.68. The number of fused-ring (bicyclic) bond motifs is 5. The van der Waals surface area contributed by atoms with E-state index in [0.29, 0.717) is 0 Å². The van der Waals surface area contributed by atoms with Gasteiger partial charge in [-0.1, -0.05) is 177 Å². The number of rotatable bonds is 7. The van der Waals surface area contributed by atoms with E-state index in [9.17, 15) is 0 Å².